The lowest BCUT2D eigenvalue weighted by atomic mass is 10.1. The van der Waals surface area contributed by atoms with E-state index in [9.17, 15) is 0 Å². The van der Waals surface area contributed by atoms with Crippen molar-refractivity contribution in [3.8, 4) is 0 Å². The molecule has 1 saturated heterocycles. The summed E-state index contributed by atoms with van der Waals surface area (Å²) in [6, 6.07) is 10.0. The Morgan fingerprint density at radius 2 is 2.00 bits per heavy atom. The van der Waals surface area contributed by atoms with Gasteiger partial charge in [0.2, 0.25) is 0 Å². The first-order chi connectivity index (χ1) is 8.66. The number of benzene rings is 1. The number of hydrogen-bond acceptors (Lipinski definition) is 3. The van der Waals surface area contributed by atoms with E-state index in [0.29, 0.717) is 12.1 Å². The molecule has 100 valence electrons. The van der Waals surface area contributed by atoms with Crippen LogP contribution in [0.25, 0.3) is 0 Å². The van der Waals surface area contributed by atoms with E-state index >= 15 is 0 Å². The van der Waals surface area contributed by atoms with Gasteiger partial charge in [0, 0.05) is 37.6 Å². The fourth-order valence-electron chi connectivity index (χ4n) is 2.38. The maximum Gasteiger partial charge on any atom is 0.0361 e. The molecule has 1 aromatic rings. The molecule has 2 unspecified atom stereocenters. The fraction of sp³-hybridized carbons (Fsp3) is 0.600. The van der Waals surface area contributed by atoms with Crippen molar-refractivity contribution in [1.29, 1.82) is 0 Å². The molecule has 1 fully saturated rings. The number of rotatable bonds is 4. The minimum atomic E-state index is 0.449. The summed E-state index contributed by atoms with van der Waals surface area (Å²) in [6.45, 7) is 2.27. The van der Waals surface area contributed by atoms with Crippen LogP contribution in [0.4, 0.5) is 5.69 Å². The molecule has 0 aliphatic carbocycles. The van der Waals surface area contributed by atoms with Gasteiger partial charge >= 0.3 is 0 Å². The third-order valence-corrected chi connectivity index (χ3v) is 4.77. The van der Waals surface area contributed by atoms with Crippen molar-refractivity contribution in [1.82, 2.24) is 5.32 Å². The molecule has 3 heteroatoms. The Morgan fingerprint density at radius 3 is 2.56 bits per heavy atom. The number of hydrogen-bond donors (Lipinski definition) is 1. The van der Waals surface area contributed by atoms with Gasteiger partial charge in [0.15, 0.2) is 0 Å². The minimum Gasteiger partial charge on any atom is -0.378 e. The summed E-state index contributed by atoms with van der Waals surface area (Å²) in [5.74, 6) is 2.60. The lowest BCUT2D eigenvalue weighted by Gasteiger charge is -2.26. The van der Waals surface area contributed by atoms with Crippen LogP contribution in [0.5, 0.6) is 0 Å². The summed E-state index contributed by atoms with van der Waals surface area (Å²) in [5.41, 5.74) is 2.65. The number of thioether (sulfide) groups is 1. The predicted octanol–water partition coefficient (Wildman–Crippen LogP) is 3.30. The Kier molecular flexibility index (Phi) is 4.95. The van der Waals surface area contributed by atoms with Gasteiger partial charge in [0.25, 0.3) is 0 Å². The quantitative estimate of drug-likeness (QED) is 0.898. The molecule has 18 heavy (non-hydrogen) atoms. The van der Waals surface area contributed by atoms with Crippen LogP contribution in [-0.4, -0.2) is 31.6 Å². The van der Waals surface area contributed by atoms with Gasteiger partial charge in [0.1, 0.15) is 0 Å². The summed E-state index contributed by atoms with van der Waals surface area (Å²) in [6.07, 6.45) is 2.68. The molecule has 0 saturated carbocycles. The second-order valence-corrected chi connectivity index (χ2v) is 6.44. The van der Waals surface area contributed by atoms with Crippen molar-refractivity contribution in [3.63, 3.8) is 0 Å². The second-order valence-electron chi connectivity index (χ2n) is 5.29. The number of nitrogens with zero attached hydrogens (tertiary/aromatic N) is 1. The molecular formula is C15H24N2S. The molecule has 0 spiro atoms. The Morgan fingerprint density at radius 1 is 1.28 bits per heavy atom. The topological polar surface area (TPSA) is 15.3 Å². The van der Waals surface area contributed by atoms with Gasteiger partial charge in [-0.25, -0.2) is 0 Å². The van der Waals surface area contributed by atoms with Crippen molar-refractivity contribution in [3.05, 3.63) is 29.8 Å². The van der Waals surface area contributed by atoms with Crippen molar-refractivity contribution < 1.29 is 0 Å². The largest absolute Gasteiger partial charge is 0.378 e. The standard InChI is InChI=1S/C15H24N2S/c1-12(16-14-5-4-10-18-11-14)13-6-8-15(9-7-13)17(2)3/h6-9,12,14,16H,4-5,10-11H2,1-3H3. The van der Waals surface area contributed by atoms with E-state index in [1.165, 1.54) is 35.6 Å². The third-order valence-electron chi connectivity index (χ3n) is 3.56. The molecule has 1 aliphatic heterocycles. The predicted molar refractivity (Wildman–Crippen MR) is 82.7 cm³/mol. The molecule has 2 nitrogen and oxygen atoms in total. The monoisotopic (exact) mass is 264 g/mol. The normalized spacial score (nSPS) is 21.6. The first-order valence-corrected chi connectivity index (χ1v) is 7.93. The molecule has 0 radical (unpaired) electrons. The fourth-order valence-corrected chi connectivity index (χ4v) is 3.47. The highest BCUT2D eigenvalue weighted by molar-refractivity contribution is 7.99. The van der Waals surface area contributed by atoms with E-state index in [1.54, 1.807) is 0 Å². The van der Waals surface area contributed by atoms with E-state index in [0.717, 1.165) is 0 Å². The molecule has 0 aromatic heterocycles. The average Bonchev–Trinajstić information content (AvgIpc) is 2.40. The smallest absolute Gasteiger partial charge is 0.0361 e. The van der Waals surface area contributed by atoms with Crippen LogP contribution < -0.4 is 10.2 Å². The summed E-state index contributed by atoms with van der Waals surface area (Å²) in [7, 11) is 4.16. The minimum absolute atomic E-state index is 0.449. The Balaban J connectivity index is 1.93. The highest BCUT2D eigenvalue weighted by Crippen LogP contribution is 2.22. The van der Waals surface area contributed by atoms with E-state index < -0.39 is 0 Å². The average molecular weight is 264 g/mol. The molecule has 1 heterocycles. The van der Waals surface area contributed by atoms with Crippen LogP contribution in [0, 0.1) is 0 Å². The maximum atomic E-state index is 3.75. The maximum absolute atomic E-state index is 3.75. The van der Waals surface area contributed by atoms with E-state index in [1.807, 2.05) is 0 Å². The molecule has 2 atom stereocenters. The summed E-state index contributed by atoms with van der Waals surface area (Å²) in [5, 5.41) is 3.75. The van der Waals surface area contributed by atoms with Gasteiger partial charge in [-0.1, -0.05) is 12.1 Å². The zero-order chi connectivity index (χ0) is 13.0. The summed E-state index contributed by atoms with van der Waals surface area (Å²) >= 11 is 2.08. The van der Waals surface area contributed by atoms with Crippen LogP contribution in [0.3, 0.4) is 0 Å². The van der Waals surface area contributed by atoms with Crippen LogP contribution in [0.2, 0.25) is 0 Å². The summed E-state index contributed by atoms with van der Waals surface area (Å²) < 4.78 is 0. The molecular weight excluding hydrogens is 240 g/mol. The molecule has 0 amide bonds. The molecule has 1 N–H and O–H groups in total. The third kappa shape index (κ3) is 3.66. The van der Waals surface area contributed by atoms with Gasteiger partial charge in [-0.05, 0) is 43.2 Å². The van der Waals surface area contributed by atoms with Crippen molar-refractivity contribution in [2.75, 3.05) is 30.5 Å². The number of nitrogens with one attached hydrogen (secondary N) is 1. The highest BCUT2D eigenvalue weighted by atomic mass is 32.2. The van der Waals surface area contributed by atoms with E-state index in [2.05, 4.69) is 67.3 Å². The van der Waals surface area contributed by atoms with Crippen LogP contribution >= 0.6 is 11.8 Å². The van der Waals surface area contributed by atoms with Gasteiger partial charge in [-0.2, -0.15) is 11.8 Å². The zero-order valence-electron chi connectivity index (χ0n) is 11.6. The van der Waals surface area contributed by atoms with Gasteiger partial charge in [-0.15, -0.1) is 0 Å². The van der Waals surface area contributed by atoms with Crippen molar-refractivity contribution in [2.24, 2.45) is 0 Å². The Bertz CT molecular complexity index is 355. The van der Waals surface area contributed by atoms with Crippen LogP contribution in [0.15, 0.2) is 24.3 Å². The van der Waals surface area contributed by atoms with Crippen molar-refractivity contribution in [2.45, 2.75) is 31.8 Å². The lowest BCUT2D eigenvalue weighted by molar-refractivity contribution is 0.453. The first kappa shape index (κ1) is 13.8. The lowest BCUT2D eigenvalue weighted by Crippen LogP contribution is -2.35. The van der Waals surface area contributed by atoms with E-state index in [-0.39, 0.29) is 0 Å². The van der Waals surface area contributed by atoms with Gasteiger partial charge < -0.3 is 10.2 Å². The van der Waals surface area contributed by atoms with Gasteiger partial charge in [0.05, 0.1) is 0 Å². The Labute approximate surface area is 115 Å². The van der Waals surface area contributed by atoms with Crippen molar-refractivity contribution >= 4 is 17.4 Å². The molecule has 1 aliphatic rings. The van der Waals surface area contributed by atoms with Crippen LogP contribution in [-0.2, 0) is 0 Å². The molecule has 2 rings (SSSR count). The van der Waals surface area contributed by atoms with Gasteiger partial charge in [-0.3, -0.25) is 0 Å². The number of anilines is 1. The molecule has 1 aromatic carbocycles. The van der Waals surface area contributed by atoms with E-state index in [4.69, 9.17) is 0 Å². The first-order valence-electron chi connectivity index (χ1n) is 6.78. The van der Waals surface area contributed by atoms with Crippen LogP contribution in [0.1, 0.15) is 31.4 Å². The zero-order valence-corrected chi connectivity index (χ0v) is 12.5. The summed E-state index contributed by atoms with van der Waals surface area (Å²) in [4.78, 5) is 2.14. The Hall–Kier alpha value is -0.670. The second kappa shape index (κ2) is 6.48. The highest BCUT2D eigenvalue weighted by Gasteiger charge is 2.16. The molecule has 0 bridgehead atoms. The SMILES string of the molecule is CC(NC1CCCSC1)c1ccc(N(C)C)cc1.